The van der Waals surface area contributed by atoms with Crippen LogP contribution >= 0.6 is 0 Å². The number of carbonyl (C=O) groups is 1. The lowest BCUT2D eigenvalue weighted by molar-refractivity contribution is -0.139. The summed E-state index contributed by atoms with van der Waals surface area (Å²) >= 11 is 0. The van der Waals surface area contributed by atoms with Crippen LogP contribution in [-0.4, -0.2) is 23.3 Å². The van der Waals surface area contributed by atoms with Gasteiger partial charge in [-0.05, 0) is 0 Å². The molecule has 1 N–H and O–H groups in total. The molecule has 4 nitrogen and oxygen atoms in total. The van der Waals surface area contributed by atoms with Crippen molar-refractivity contribution in [3.63, 3.8) is 0 Å². The van der Waals surface area contributed by atoms with Gasteiger partial charge >= 0.3 is 5.97 Å². The second-order valence-electron chi connectivity index (χ2n) is 2.36. The van der Waals surface area contributed by atoms with Gasteiger partial charge in [-0.15, -0.1) is 0 Å². The molecule has 1 aromatic rings. The van der Waals surface area contributed by atoms with Crippen molar-refractivity contribution in [3.05, 3.63) is 17.5 Å². The van der Waals surface area contributed by atoms with E-state index in [1.54, 1.807) is 0 Å². The van der Waals surface area contributed by atoms with Gasteiger partial charge in [0.25, 0.3) is 6.43 Å². The van der Waals surface area contributed by atoms with Gasteiger partial charge in [0, 0.05) is 0 Å². The fraction of sp³-hybridized carbons (Fsp3) is 0.429. The molecule has 1 heterocycles. The molecular formula is C7H8F2N2O2. The minimum atomic E-state index is -2.63. The van der Waals surface area contributed by atoms with E-state index in [0.717, 1.165) is 6.20 Å². The number of H-pyrrole nitrogens is 1. The zero-order chi connectivity index (χ0) is 9.84. The van der Waals surface area contributed by atoms with E-state index in [4.69, 9.17) is 0 Å². The first-order valence-corrected chi connectivity index (χ1v) is 3.52. The SMILES string of the molecule is COC(=O)Cc1[nH]ncc1C(F)F. The first-order chi connectivity index (χ1) is 6.15. The Morgan fingerprint density at radius 1 is 1.77 bits per heavy atom. The third-order valence-electron chi connectivity index (χ3n) is 1.54. The van der Waals surface area contributed by atoms with Gasteiger partial charge in [-0.25, -0.2) is 8.78 Å². The average Bonchev–Trinajstić information content (AvgIpc) is 2.52. The van der Waals surface area contributed by atoms with Crippen LogP contribution in [0.4, 0.5) is 8.78 Å². The standard InChI is InChI=1S/C7H8F2N2O2/c1-13-6(12)2-5-4(7(8)9)3-10-11-5/h3,7H,2H2,1H3,(H,10,11). The van der Waals surface area contributed by atoms with E-state index in [1.807, 2.05) is 0 Å². The van der Waals surface area contributed by atoms with Crippen LogP contribution in [0.15, 0.2) is 6.20 Å². The highest BCUT2D eigenvalue weighted by molar-refractivity contribution is 5.72. The molecule has 0 aliphatic rings. The zero-order valence-corrected chi connectivity index (χ0v) is 6.88. The number of methoxy groups -OCH3 is 1. The van der Waals surface area contributed by atoms with E-state index in [9.17, 15) is 13.6 Å². The van der Waals surface area contributed by atoms with Crippen LogP contribution in [-0.2, 0) is 16.0 Å². The molecule has 72 valence electrons. The second kappa shape index (κ2) is 3.97. The summed E-state index contributed by atoms with van der Waals surface area (Å²) in [6.07, 6.45) is -1.84. The van der Waals surface area contributed by atoms with E-state index in [-0.39, 0.29) is 17.7 Å². The molecule has 0 aromatic carbocycles. The number of nitrogens with zero attached hydrogens (tertiary/aromatic N) is 1. The summed E-state index contributed by atoms with van der Waals surface area (Å²) in [4.78, 5) is 10.7. The van der Waals surface area contributed by atoms with Crippen molar-refractivity contribution in [3.8, 4) is 0 Å². The van der Waals surface area contributed by atoms with Crippen molar-refractivity contribution in [2.75, 3.05) is 7.11 Å². The largest absolute Gasteiger partial charge is 0.469 e. The summed E-state index contributed by atoms with van der Waals surface area (Å²) in [5.41, 5.74) is -0.160. The Bertz CT molecular complexity index is 298. The minimum absolute atomic E-state index is 0.0989. The fourth-order valence-electron chi connectivity index (χ4n) is 0.868. The van der Waals surface area contributed by atoms with Crippen LogP contribution in [0.5, 0.6) is 0 Å². The van der Waals surface area contributed by atoms with Gasteiger partial charge in [-0.1, -0.05) is 0 Å². The molecule has 1 rings (SSSR count). The summed E-state index contributed by atoms with van der Waals surface area (Å²) in [5.74, 6) is -0.578. The molecule has 13 heavy (non-hydrogen) atoms. The van der Waals surface area contributed by atoms with E-state index in [2.05, 4.69) is 14.9 Å². The highest BCUT2D eigenvalue weighted by Crippen LogP contribution is 2.21. The van der Waals surface area contributed by atoms with Gasteiger partial charge in [0.15, 0.2) is 0 Å². The maximum Gasteiger partial charge on any atom is 0.311 e. The number of alkyl halides is 2. The molecule has 1 aromatic heterocycles. The third-order valence-corrected chi connectivity index (χ3v) is 1.54. The molecule has 0 saturated heterocycles. The lowest BCUT2D eigenvalue weighted by Crippen LogP contribution is -2.06. The van der Waals surface area contributed by atoms with Crippen molar-refractivity contribution >= 4 is 5.97 Å². The monoisotopic (exact) mass is 190 g/mol. The maximum atomic E-state index is 12.2. The first-order valence-electron chi connectivity index (χ1n) is 3.52. The summed E-state index contributed by atoms with van der Waals surface area (Å²) in [6, 6.07) is 0. The fourth-order valence-corrected chi connectivity index (χ4v) is 0.868. The first kappa shape index (κ1) is 9.63. The number of ether oxygens (including phenoxy) is 1. The number of aromatic amines is 1. The van der Waals surface area contributed by atoms with Crippen LogP contribution in [0.3, 0.4) is 0 Å². The van der Waals surface area contributed by atoms with Crippen LogP contribution in [0.2, 0.25) is 0 Å². The third kappa shape index (κ3) is 2.24. The number of halogens is 2. The second-order valence-corrected chi connectivity index (χ2v) is 2.36. The molecule has 0 saturated carbocycles. The minimum Gasteiger partial charge on any atom is -0.469 e. The molecule has 0 fully saturated rings. The van der Waals surface area contributed by atoms with Gasteiger partial charge in [0.1, 0.15) is 0 Å². The van der Waals surface area contributed by atoms with E-state index < -0.39 is 12.4 Å². The number of carbonyl (C=O) groups excluding carboxylic acids is 1. The predicted octanol–water partition coefficient (Wildman–Crippen LogP) is 1.06. The average molecular weight is 190 g/mol. The number of nitrogens with one attached hydrogen (secondary N) is 1. The number of esters is 1. The zero-order valence-electron chi connectivity index (χ0n) is 6.88. The number of aromatic nitrogens is 2. The highest BCUT2D eigenvalue weighted by Gasteiger charge is 2.17. The van der Waals surface area contributed by atoms with Gasteiger partial charge in [0.05, 0.1) is 31.0 Å². The molecule has 6 heteroatoms. The number of hydrogen-bond donors (Lipinski definition) is 1. The highest BCUT2D eigenvalue weighted by atomic mass is 19.3. The quantitative estimate of drug-likeness (QED) is 0.725. The smallest absolute Gasteiger partial charge is 0.311 e. The normalized spacial score (nSPS) is 10.5. The Labute approximate surface area is 72.9 Å². The van der Waals surface area contributed by atoms with Crippen molar-refractivity contribution in [2.24, 2.45) is 0 Å². The van der Waals surface area contributed by atoms with Gasteiger partial charge in [-0.2, -0.15) is 5.10 Å². The van der Waals surface area contributed by atoms with Crippen LogP contribution in [0.25, 0.3) is 0 Å². The summed E-state index contributed by atoms with van der Waals surface area (Å²) in [5, 5.41) is 5.74. The van der Waals surface area contributed by atoms with Gasteiger partial charge in [-0.3, -0.25) is 9.89 Å². The van der Waals surface area contributed by atoms with Crippen molar-refractivity contribution < 1.29 is 18.3 Å². The van der Waals surface area contributed by atoms with E-state index in [1.165, 1.54) is 7.11 Å². The molecule has 0 aliphatic carbocycles. The lowest BCUT2D eigenvalue weighted by Gasteiger charge is -1.99. The molecule has 0 bridgehead atoms. The molecule has 0 spiro atoms. The van der Waals surface area contributed by atoms with Crippen LogP contribution < -0.4 is 0 Å². The van der Waals surface area contributed by atoms with E-state index >= 15 is 0 Å². The predicted molar refractivity (Wildman–Crippen MR) is 39.3 cm³/mol. The summed E-state index contributed by atoms with van der Waals surface area (Å²) < 4.78 is 28.7. The number of hydrogen-bond acceptors (Lipinski definition) is 3. The summed E-state index contributed by atoms with van der Waals surface area (Å²) in [6.45, 7) is 0. The molecule has 0 aliphatic heterocycles. The molecule has 0 atom stereocenters. The van der Waals surface area contributed by atoms with Crippen molar-refractivity contribution in [2.45, 2.75) is 12.8 Å². The molecule has 0 radical (unpaired) electrons. The van der Waals surface area contributed by atoms with Crippen molar-refractivity contribution in [1.82, 2.24) is 10.2 Å². The van der Waals surface area contributed by atoms with Crippen molar-refractivity contribution in [1.29, 1.82) is 0 Å². The Morgan fingerprint density at radius 3 is 3.00 bits per heavy atom. The Hall–Kier alpha value is -1.46. The van der Waals surface area contributed by atoms with Gasteiger partial charge in [0.2, 0.25) is 0 Å². The Morgan fingerprint density at radius 2 is 2.46 bits per heavy atom. The molecule has 0 amide bonds. The molecule has 0 unspecified atom stereocenters. The Kier molecular flexibility index (Phi) is 2.94. The van der Waals surface area contributed by atoms with Crippen LogP contribution in [0.1, 0.15) is 17.7 Å². The molecular weight excluding hydrogens is 182 g/mol. The maximum absolute atomic E-state index is 12.2. The van der Waals surface area contributed by atoms with Gasteiger partial charge < -0.3 is 4.74 Å². The lowest BCUT2D eigenvalue weighted by atomic mass is 10.2. The van der Waals surface area contributed by atoms with E-state index in [0.29, 0.717) is 0 Å². The topological polar surface area (TPSA) is 55.0 Å². The summed E-state index contributed by atoms with van der Waals surface area (Å²) in [7, 11) is 1.20. The van der Waals surface area contributed by atoms with Crippen LogP contribution in [0, 0.1) is 0 Å². The number of rotatable bonds is 3. The Balaban J connectivity index is 2.76.